The maximum Gasteiger partial charge on any atom is 0.269 e. The summed E-state index contributed by atoms with van der Waals surface area (Å²) in [5.41, 5.74) is 4.21. The van der Waals surface area contributed by atoms with Gasteiger partial charge in [0.15, 0.2) is 0 Å². The Morgan fingerprint density at radius 1 is 1.09 bits per heavy atom. The average molecular weight is 427 g/mol. The zero-order chi connectivity index (χ0) is 22.2. The molecule has 3 aromatic carbocycles. The highest BCUT2D eigenvalue weighted by Gasteiger charge is 2.35. The number of aromatic nitrogens is 1. The molecule has 2 heterocycles. The molecular formula is C25H21N3O4. The van der Waals surface area contributed by atoms with Crippen LogP contribution in [0.3, 0.4) is 0 Å². The minimum Gasteiger partial charge on any atom is -0.497 e. The van der Waals surface area contributed by atoms with Crippen LogP contribution in [-0.2, 0) is 6.42 Å². The zero-order valence-electron chi connectivity index (χ0n) is 17.4. The number of H-pyrrole nitrogens is 1. The number of hydrogen-bond acceptors (Lipinski definition) is 4. The highest BCUT2D eigenvalue weighted by atomic mass is 16.6. The van der Waals surface area contributed by atoms with Gasteiger partial charge in [-0.2, -0.15) is 0 Å². The highest BCUT2D eigenvalue weighted by molar-refractivity contribution is 5.95. The number of benzene rings is 3. The Morgan fingerprint density at radius 2 is 1.91 bits per heavy atom. The third-order valence-electron chi connectivity index (χ3n) is 6.01. The van der Waals surface area contributed by atoms with Crippen LogP contribution < -0.4 is 4.74 Å². The molecule has 4 aromatic rings. The van der Waals surface area contributed by atoms with Gasteiger partial charge in [0.1, 0.15) is 5.75 Å². The molecule has 0 fully saturated rings. The Bertz CT molecular complexity index is 1330. The van der Waals surface area contributed by atoms with Crippen LogP contribution in [0.4, 0.5) is 5.69 Å². The quantitative estimate of drug-likeness (QED) is 0.372. The van der Waals surface area contributed by atoms with E-state index < -0.39 is 11.0 Å². The first kappa shape index (κ1) is 19.8. The van der Waals surface area contributed by atoms with E-state index in [0.717, 1.165) is 27.9 Å². The van der Waals surface area contributed by atoms with E-state index in [1.807, 2.05) is 42.5 Å². The minimum absolute atomic E-state index is 0.000450. The van der Waals surface area contributed by atoms with Gasteiger partial charge in [0.05, 0.1) is 18.1 Å². The molecule has 1 atom stereocenters. The van der Waals surface area contributed by atoms with Crippen molar-refractivity contribution in [2.45, 2.75) is 12.5 Å². The molecule has 0 saturated heterocycles. The maximum atomic E-state index is 13.5. The van der Waals surface area contributed by atoms with Crippen LogP contribution in [0.5, 0.6) is 5.75 Å². The monoisotopic (exact) mass is 427 g/mol. The van der Waals surface area contributed by atoms with Gasteiger partial charge >= 0.3 is 0 Å². The van der Waals surface area contributed by atoms with Crippen molar-refractivity contribution in [2.75, 3.05) is 13.7 Å². The van der Waals surface area contributed by atoms with Crippen LogP contribution in [0.2, 0.25) is 0 Å². The van der Waals surface area contributed by atoms with Crippen LogP contribution in [0.1, 0.15) is 33.2 Å². The number of nitro groups is 1. The number of nitro benzene ring substituents is 1. The normalized spacial score (nSPS) is 15.4. The molecule has 0 bridgehead atoms. The number of aromatic amines is 1. The molecule has 0 saturated carbocycles. The first-order chi connectivity index (χ1) is 15.6. The molecule has 1 aliphatic heterocycles. The second kappa shape index (κ2) is 7.85. The number of carbonyl (C=O) groups excluding carboxylic acids is 1. The Kier molecular flexibility index (Phi) is 4.86. The van der Waals surface area contributed by atoms with Gasteiger partial charge in [-0.15, -0.1) is 0 Å². The summed E-state index contributed by atoms with van der Waals surface area (Å²) < 4.78 is 5.40. The van der Waals surface area contributed by atoms with E-state index in [0.29, 0.717) is 24.1 Å². The van der Waals surface area contributed by atoms with E-state index in [4.69, 9.17) is 4.74 Å². The molecule has 0 aliphatic carbocycles. The lowest BCUT2D eigenvalue weighted by Crippen LogP contribution is -2.40. The Hall–Kier alpha value is -4.13. The molecular weight excluding hydrogens is 406 g/mol. The highest BCUT2D eigenvalue weighted by Crippen LogP contribution is 2.40. The summed E-state index contributed by atoms with van der Waals surface area (Å²) in [7, 11) is 1.63. The Morgan fingerprint density at radius 3 is 2.66 bits per heavy atom. The third kappa shape index (κ3) is 3.28. The molecule has 5 rings (SSSR count). The second-order valence-electron chi connectivity index (χ2n) is 7.80. The number of carbonyl (C=O) groups is 1. The summed E-state index contributed by atoms with van der Waals surface area (Å²) in [5.74, 6) is 0.651. The molecule has 1 aromatic heterocycles. The summed E-state index contributed by atoms with van der Waals surface area (Å²) >= 11 is 0. The van der Waals surface area contributed by atoms with Crippen molar-refractivity contribution in [3.63, 3.8) is 0 Å². The summed E-state index contributed by atoms with van der Waals surface area (Å²) in [5, 5.41) is 12.5. The summed E-state index contributed by atoms with van der Waals surface area (Å²) in [6.07, 6.45) is 0.673. The molecule has 0 unspecified atom stereocenters. The number of fused-ring (bicyclic) bond motifs is 3. The van der Waals surface area contributed by atoms with E-state index in [-0.39, 0.29) is 11.6 Å². The van der Waals surface area contributed by atoms with Gasteiger partial charge in [0, 0.05) is 40.8 Å². The van der Waals surface area contributed by atoms with Gasteiger partial charge in [0.2, 0.25) is 0 Å². The van der Waals surface area contributed by atoms with Gasteiger partial charge in [-0.25, -0.2) is 0 Å². The summed E-state index contributed by atoms with van der Waals surface area (Å²) in [4.78, 5) is 29.8. The molecule has 0 spiro atoms. The van der Waals surface area contributed by atoms with E-state index in [2.05, 4.69) is 4.98 Å². The smallest absolute Gasteiger partial charge is 0.269 e. The molecule has 32 heavy (non-hydrogen) atoms. The fourth-order valence-electron chi connectivity index (χ4n) is 4.51. The van der Waals surface area contributed by atoms with Crippen molar-refractivity contribution in [3.05, 3.63) is 105 Å². The first-order valence-corrected chi connectivity index (χ1v) is 10.4. The predicted octanol–water partition coefficient (Wildman–Crippen LogP) is 4.87. The van der Waals surface area contributed by atoms with E-state index in [1.54, 1.807) is 36.3 Å². The van der Waals surface area contributed by atoms with E-state index in [1.165, 1.54) is 6.07 Å². The third-order valence-corrected chi connectivity index (χ3v) is 6.01. The fraction of sp³-hybridized carbons (Fsp3) is 0.160. The summed E-state index contributed by atoms with van der Waals surface area (Å²) in [6.45, 7) is 0.498. The minimum atomic E-state index is -0.468. The predicted molar refractivity (Wildman–Crippen MR) is 121 cm³/mol. The lowest BCUT2D eigenvalue weighted by atomic mass is 9.91. The molecule has 160 valence electrons. The number of ether oxygens (including phenoxy) is 1. The van der Waals surface area contributed by atoms with E-state index in [9.17, 15) is 14.9 Å². The van der Waals surface area contributed by atoms with Crippen molar-refractivity contribution in [1.82, 2.24) is 9.88 Å². The molecule has 7 nitrogen and oxygen atoms in total. The van der Waals surface area contributed by atoms with Crippen LogP contribution in [0.25, 0.3) is 10.9 Å². The Labute approximate surface area is 184 Å². The lowest BCUT2D eigenvalue weighted by molar-refractivity contribution is -0.384. The number of nitrogens with one attached hydrogen (secondary N) is 1. The van der Waals surface area contributed by atoms with Crippen LogP contribution >= 0.6 is 0 Å². The molecule has 7 heteroatoms. The van der Waals surface area contributed by atoms with Crippen molar-refractivity contribution < 1.29 is 14.5 Å². The van der Waals surface area contributed by atoms with Crippen LogP contribution in [-0.4, -0.2) is 34.4 Å². The second-order valence-corrected chi connectivity index (χ2v) is 7.80. The number of hydrogen-bond donors (Lipinski definition) is 1. The van der Waals surface area contributed by atoms with Crippen molar-refractivity contribution in [3.8, 4) is 5.75 Å². The van der Waals surface area contributed by atoms with Crippen molar-refractivity contribution >= 4 is 22.5 Å². The van der Waals surface area contributed by atoms with Crippen molar-refractivity contribution in [2.24, 2.45) is 0 Å². The zero-order valence-corrected chi connectivity index (χ0v) is 17.4. The number of amides is 1. The average Bonchev–Trinajstić information content (AvgIpc) is 3.21. The number of methoxy groups -OCH3 is 1. The molecule has 1 N–H and O–H groups in total. The van der Waals surface area contributed by atoms with Gasteiger partial charge in [-0.05, 0) is 47.9 Å². The lowest BCUT2D eigenvalue weighted by Gasteiger charge is -2.36. The standard InChI is InChI=1S/C25H21N3O4/c1-32-19-10-11-22-21(15-19)20-12-13-27(25(29)16-6-3-2-4-7-16)24(23(20)26-22)17-8-5-9-18(14-17)28(30)31/h2-11,14-15,24,26H,12-13H2,1H3/t24-/m1/s1. The molecule has 1 aliphatic rings. The van der Waals surface area contributed by atoms with Crippen LogP contribution in [0.15, 0.2) is 72.8 Å². The van der Waals surface area contributed by atoms with Crippen molar-refractivity contribution in [1.29, 1.82) is 0 Å². The van der Waals surface area contributed by atoms with Gasteiger partial charge < -0.3 is 14.6 Å². The van der Waals surface area contributed by atoms with Gasteiger partial charge in [0.25, 0.3) is 11.6 Å². The fourth-order valence-corrected chi connectivity index (χ4v) is 4.51. The van der Waals surface area contributed by atoms with Gasteiger partial charge in [-0.1, -0.05) is 30.3 Å². The molecule has 1 amide bonds. The number of nitrogens with zero attached hydrogens (tertiary/aromatic N) is 2. The van der Waals surface area contributed by atoms with Crippen LogP contribution in [0, 0.1) is 10.1 Å². The number of non-ortho nitro benzene ring substituents is 1. The summed E-state index contributed by atoms with van der Waals surface area (Å²) in [6, 6.07) is 21.0. The SMILES string of the molecule is COc1ccc2[nH]c3c(c2c1)CCN(C(=O)c1ccccc1)[C@@H]3c1cccc([N+](=O)[O-])c1. The molecule has 0 radical (unpaired) electrons. The first-order valence-electron chi connectivity index (χ1n) is 10.4. The number of rotatable bonds is 4. The van der Waals surface area contributed by atoms with E-state index >= 15 is 0 Å². The van der Waals surface area contributed by atoms with Gasteiger partial charge in [-0.3, -0.25) is 14.9 Å². The maximum absolute atomic E-state index is 13.5. The topological polar surface area (TPSA) is 88.5 Å². The Balaban J connectivity index is 1.69. The largest absolute Gasteiger partial charge is 0.497 e.